The quantitative estimate of drug-likeness (QED) is 0.721. The Balaban J connectivity index is 2.74. The Kier molecular flexibility index (Phi) is 6.10. The zero-order valence-corrected chi connectivity index (χ0v) is 13.1. The van der Waals surface area contributed by atoms with Gasteiger partial charge in [0.2, 0.25) is 5.91 Å². The van der Waals surface area contributed by atoms with Crippen LogP contribution < -0.4 is 10.6 Å². The molecule has 0 saturated heterocycles. The number of rotatable bonds is 7. The topological polar surface area (TPSA) is 95.5 Å². The van der Waals surface area contributed by atoms with Crippen molar-refractivity contribution in [1.82, 2.24) is 5.32 Å². The number of hydrogen-bond donors (Lipinski definition) is 3. The van der Waals surface area contributed by atoms with Crippen molar-refractivity contribution >= 4 is 23.5 Å². The molecule has 6 nitrogen and oxygen atoms in total. The Hall–Kier alpha value is -2.37. The minimum Gasteiger partial charge on any atom is -0.481 e. The second kappa shape index (κ2) is 7.59. The average molecular weight is 306 g/mol. The van der Waals surface area contributed by atoms with Gasteiger partial charge in [-0.25, -0.2) is 0 Å². The molecule has 22 heavy (non-hydrogen) atoms. The van der Waals surface area contributed by atoms with Crippen molar-refractivity contribution in [3.05, 3.63) is 29.8 Å². The van der Waals surface area contributed by atoms with E-state index in [1.165, 1.54) is 0 Å². The third kappa shape index (κ3) is 5.95. The maximum Gasteiger partial charge on any atom is 0.303 e. The van der Waals surface area contributed by atoms with Crippen LogP contribution in [0.3, 0.4) is 0 Å². The van der Waals surface area contributed by atoms with Crippen LogP contribution in [0.15, 0.2) is 24.3 Å². The minimum absolute atomic E-state index is 0.0140. The number of aliphatic carboxylic acids is 1. The molecule has 0 aromatic heterocycles. The largest absolute Gasteiger partial charge is 0.481 e. The lowest BCUT2D eigenvalue weighted by Crippen LogP contribution is -2.43. The summed E-state index contributed by atoms with van der Waals surface area (Å²) >= 11 is 0. The van der Waals surface area contributed by atoms with Gasteiger partial charge in [-0.2, -0.15) is 0 Å². The van der Waals surface area contributed by atoms with Crippen LogP contribution >= 0.6 is 0 Å². The second-order valence-corrected chi connectivity index (χ2v) is 5.71. The molecule has 0 saturated carbocycles. The summed E-state index contributed by atoms with van der Waals surface area (Å²) in [5.41, 5.74) is 0.346. The molecule has 0 aliphatic heterocycles. The van der Waals surface area contributed by atoms with Crippen LogP contribution in [0.25, 0.3) is 0 Å². The Labute approximate surface area is 129 Å². The van der Waals surface area contributed by atoms with E-state index in [-0.39, 0.29) is 18.2 Å². The van der Waals surface area contributed by atoms with Crippen molar-refractivity contribution in [2.24, 2.45) is 0 Å². The number of nitrogens with one attached hydrogen (secondary N) is 2. The van der Waals surface area contributed by atoms with Crippen LogP contribution in [0.5, 0.6) is 0 Å². The maximum absolute atomic E-state index is 12.2. The zero-order chi connectivity index (χ0) is 16.8. The molecule has 0 radical (unpaired) electrons. The van der Waals surface area contributed by atoms with E-state index in [1.807, 2.05) is 0 Å². The predicted octanol–water partition coefficient (Wildman–Crippen LogP) is 2.41. The molecule has 0 heterocycles. The first-order valence-corrected chi connectivity index (χ1v) is 7.18. The first kappa shape index (κ1) is 17.7. The molecule has 0 unspecified atom stereocenters. The first-order chi connectivity index (χ1) is 10.2. The van der Waals surface area contributed by atoms with Gasteiger partial charge in [0.05, 0.1) is 0 Å². The lowest BCUT2D eigenvalue weighted by molar-refractivity contribution is -0.137. The van der Waals surface area contributed by atoms with Crippen LogP contribution in [0.1, 0.15) is 50.4 Å². The molecule has 0 atom stereocenters. The van der Waals surface area contributed by atoms with Crippen LogP contribution in [-0.2, 0) is 9.59 Å². The molecular weight excluding hydrogens is 284 g/mol. The van der Waals surface area contributed by atoms with Gasteiger partial charge < -0.3 is 15.7 Å². The molecule has 1 aromatic rings. The van der Waals surface area contributed by atoms with Crippen LogP contribution in [0.2, 0.25) is 0 Å². The number of benzene rings is 1. The fourth-order valence-corrected chi connectivity index (χ4v) is 1.85. The van der Waals surface area contributed by atoms with Crippen LogP contribution in [0, 0.1) is 0 Å². The van der Waals surface area contributed by atoms with E-state index in [9.17, 15) is 14.4 Å². The summed E-state index contributed by atoms with van der Waals surface area (Å²) in [6.07, 6.45) is 0.679. The summed E-state index contributed by atoms with van der Waals surface area (Å²) in [7, 11) is 0. The molecule has 0 aliphatic rings. The zero-order valence-electron chi connectivity index (χ0n) is 13.1. The van der Waals surface area contributed by atoms with E-state index in [1.54, 1.807) is 45.0 Å². The Bertz CT molecular complexity index is 567. The molecule has 6 heteroatoms. The molecule has 1 rings (SSSR count). The number of carboxylic acid groups (broad SMARTS) is 1. The highest BCUT2D eigenvalue weighted by Gasteiger charge is 2.22. The van der Waals surface area contributed by atoms with Crippen molar-refractivity contribution in [3.63, 3.8) is 0 Å². The van der Waals surface area contributed by atoms with Gasteiger partial charge in [-0.3, -0.25) is 14.4 Å². The number of carboxylic acids is 1. The average Bonchev–Trinajstić information content (AvgIpc) is 2.45. The minimum atomic E-state index is -0.897. The molecular formula is C16H22N2O4. The van der Waals surface area contributed by atoms with Crippen molar-refractivity contribution in [1.29, 1.82) is 0 Å². The van der Waals surface area contributed by atoms with E-state index in [0.717, 1.165) is 0 Å². The van der Waals surface area contributed by atoms with E-state index in [2.05, 4.69) is 10.6 Å². The molecule has 0 bridgehead atoms. The fourth-order valence-electron chi connectivity index (χ4n) is 1.85. The number of amides is 2. The lowest BCUT2D eigenvalue weighted by atomic mass is 9.97. The molecule has 0 spiro atoms. The lowest BCUT2D eigenvalue weighted by Gasteiger charge is -2.25. The van der Waals surface area contributed by atoms with Gasteiger partial charge in [0.25, 0.3) is 5.91 Å². The summed E-state index contributed by atoms with van der Waals surface area (Å²) in [5, 5.41) is 14.2. The molecule has 120 valence electrons. The monoisotopic (exact) mass is 306 g/mol. The Morgan fingerprint density at radius 2 is 1.91 bits per heavy atom. The summed E-state index contributed by atoms with van der Waals surface area (Å²) in [5.74, 6) is -1.33. The second-order valence-electron chi connectivity index (χ2n) is 5.71. The molecule has 0 fully saturated rings. The van der Waals surface area contributed by atoms with E-state index >= 15 is 0 Å². The van der Waals surface area contributed by atoms with Gasteiger partial charge in [-0.15, -0.1) is 0 Å². The third-order valence-electron chi connectivity index (χ3n) is 3.15. The van der Waals surface area contributed by atoms with E-state index in [4.69, 9.17) is 5.11 Å². The summed E-state index contributed by atoms with van der Waals surface area (Å²) < 4.78 is 0. The first-order valence-electron chi connectivity index (χ1n) is 7.18. The van der Waals surface area contributed by atoms with Gasteiger partial charge in [0.1, 0.15) is 0 Å². The SMILES string of the molecule is CCC(=O)Nc1cccc(C(=O)NC(C)(C)CCC(=O)O)c1. The van der Waals surface area contributed by atoms with Gasteiger partial charge in [0.15, 0.2) is 0 Å². The normalized spacial score (nSPS) is 10.9. The van der Waals surface area contributed by atoms with Crippen molar-refractivity contribution in [3.8, 4) is 0 Å². The van der Waals surface area contributed by atoms with Crippen molar-refractivity contribution < 1.29 is 19.5 Å². The van der Waals surface area contributed by atoms with E-state index in [0.29, 0.717) is 24.1 Å². The van der Waals surface area contributed by atoms with Gasteiger partial charge >= 0.3 is 5.97 Å². The number of carbonyl (C=O) groups is 3. The summed E-state index contributed by atoms with van der Waals surface area (Å²) in [4.78, 5) is 34.2. The van der Waals surface area contributed by atoms with Gasteiger partial charge in [-0.05, 0) is 38.5 Å². The standard InChI is InChI=1S/C16H22N2O4/c1-4-13(19)17-12-7-5-6-11(10-12)15(22)18-16(2,3)9-8-14(20)21/h5-7,10H,4,8-9H2,1-3H3,(H,17,19)(H,18,22)(H,20,21). The van der Waals surface area contributed by atoms with Gasteiger partial charge in [0, 0.05) is 29.6 Å². The Morgan fingerprint density at radius 3 is 2.50 bits per heavy atom. The van der Waals surface area contributed by atoms with Gasteiger partial charge in [-0.1, -0.05) is 13.0 Å². The van der Waals surface area contributed by atoms with Crippen molar-refractivity contribution in [2.75, 3.05) is 5.32 Å². The van der Waals surface area contributed by atoms with Crippen molar-refractivity contribution in [2.45, 2.75) is 45.6 Å². The van der Waals surface area contributed by atoms with Crippen LogP contribution in [0.4, 0.5) is 5.69 Å². The molecule has 1 aromatic carbocycles. The molecule has 3 N–H and O–H groups in total. The summed E-state index contributed by atoms with van der Waals surface area (Å²) in [6, 6.07) is 6.63. The van der Waals surface area contributed by atoms with Crippen LogP contribution in [-0.4, -0.2) is 28.4 Å². The number of carbonyl (C=O) groups excluding carboxylic acids is 2. The number of anilines is 1. The highest BCUT2D eigenvalue weighted by Crippen LogP contribution is 2.15. The van der Waals surface area contributed by atoms with E-state index < -0.39 is 11.5 Å². The highest BCUT2D eigenvalue weighted by molar-refractivity contribution is 5.97. The highest BCUT2D eigenvalue weighted by atomic mass is 16.4. The summed E-state index contributed by atoms with van der Waals surface area (Å²) in [6.45, 7) is 5.30. The predicted molar refractivity (Wildman–Crippen MR) is 83.8 cm³/mol. The Morgan fingerprint density at radius 1 is 1.23 bits per heavy atom. The number of hydrogen-bond acceptors (Lipinski definition) is 3. The third-order valence-corrected chi connectivity index (χ3v) is 3.15. The molecule has 2 amide bonds. The molecule has 0 aliphatic carbocycles. The smallest absolute Gasteiger partial charge is 0.303 e. The maximum atomic E-state index is 12.2. The fraction of sp³-hybridized carbons (Fsp3) is 0.438.